The first-order chi connectivity index (χ1) is 18.3. The molecule has 0 spiro atoms. The Morgan fingerprint density at radius 1 is 1.11 bits per heavy atom. The maximum Gasteiger partial charge on any atom is 0.407 e. The van der Waals surface area contributed by atoms with Gasteiger partial charge in [0.25, 0.3) is 5.91 Å². The van der Waals surface area contributed by atoms with Gasteiger partial charge in [0.15, 0.2) is 5.69 Å². The van der Waals surface area contributed by atoms with Gasteiger partial charge in [0.1, 0.15) is 5.75 Å². The van der Waals surface area contributed by atoms with E-state index in [-0.39, 0.29) is 29.4 Å². The number of aromatic hydroxyl groups is 1. The molecular weight excluding hydrogens is 527 g/mol. The largest absolute Gasteiger partial charge is 0.508 e. The third-order valence-electron chi connectivity index (χ3n) is 6.68. The average molecular weight is 559 g/mol. The Kier molecular flexibility index (Phi) is 9.17. The number of phenols is 1. The van der Waals surface area contributed by atoms with Crippen molar-refractivity contribution in [3.8, 4) is 22.7 Å². The van der Waals surface area contributed by atoms with Gasteiger partial charge >= 0.3 is 6.09 Å². The molecule has 8 nitrogen and oxygen atoms in total. The molecule has 38 heavy (non-hydrogen) atoms. The summed E-state index contributed by atoms with van der Waals surface area (Å²) in [6.07, 6.45) is 4.50. The summed E-state index contributed by atoms with van der Waals surface area (Å²) in [4.78, 5) is 25.6. The maximum absolute atomic E-state index is 13.5. The van der Waals surface area contributed by atoms with Gasteiger partial charge in [0.05, 0.1) is 23.0 Å². The number of phenolic OH excluding ortho intramolecular Hbond substituents is 1. The van der Waals surface area contributed by atoms with Crippen LogP contribution < -0.4 is 10.6 Å². The van der Waals surface area contributed by atoms with Gasteiger partial charge in [-0.15, -0.1) is 0 Å². The number of alkyl carbamates (subject to hydrolysis) is 1. The van der Waals surface area contributed by atoms with Gasteiger partial charge in [-0.2, -0.15) is 5.10 Å². The molecule has 1 aliphatic carbocycles. The van der Waals surface area contributed by atoms with Crippen molar-refractivity contribution in [2.75, 3.05) is 6.61 Å². The predicted molar refractivity (Wildman–Crippen MR) is 148 cm³/mol. The zero-order chi connectivity index (χ0) is 27.2. The summed E-state index contributed by atoms with van der Waals surface area (Å²) in [5.74, 6) is -0.169. The smallest absolute Gasteiger partial charge is 0.407 e. The minimum Gasteiger partial charge on any atom is -0.508 e. The second-order valence-electron chi connectivity index (χ2n) is 9.54. The van der Waals surface area contributed by atoms with Crippen molar-refractivity contribution in [1.29, 1.82) is 0 Å². The van der Waals surface area contributed by atoms with Crippen molar-refractivity contribution in [2.24, 2.45) is 0 Å². The summed E-state index contributed by atoms with van der Waals surface area (Å²) in [5.41, 5.74) is 2.96. The molecule has 2 unspecified atom stereocenters. The molecule has 0 bridgehead atoms. The van der Waals surface area contributed by atoms with Crippen LogP contribution in [0.15, 0.2) is 42.5 Å². The van der Waals surface area contributed by atoms with Gasteiger partial charge in [-0.25, -0.2) is 9.48 Å². The Morgan fingerprint density at radius 3 is 2.50 bits per heavy atom. The molecule has 1 heterocycles. The zero-order valence-corrected chi connectivity index (χ0v) is 23.0. The number of hydrogen-bond acceptors (Lipinski definition) is 5. The Morgan fingerprint density at radius 2 is 1.82 bits per heavy atom. The highest BCUT2D eigenvalue weighted by Crippen LogP contribution is 2.33. The Labute approximate surface area is 232 Å². The fourth-order valence-electron chi connectivity index (χ4n) is 4.72. The SMILES string of the molecule is CCCCOC(=O)NC1CCCC(NC(=O)c2nn(-c3ccc(Cl)cc3Cl)c(-c3ccc(O)cc3)c2C)C1. The van der Waals surface area contributed by atoms with E-state index in [9.17, 15) is 14.7 Å². The van der Waals surface area contributed by atoms with Gasteiger partial charge < -0.3 is 20.5 Å². The molecule has 1 fully saturated rings. The molecule has 202 valence electrons. The average Bonchev–Trinajstić information content (AvgIpc) is 3.21. The molecule has 1 aromatic heterocycles. The van der Waals surface area contributed by atoms with Crippen LogP contribution in [0.1, 0.15) is 61.5 Å². The number of nitrogens with one attached hydrogen (secondary N) is 2. The van der Waals surface area contributed by atoms with Crippen LogP contribution in [0.3, 0.4) is 0 Å². The monoisotopic (exact) mass is 558 g/mol. The lowest BCUT2D eigenvalue weighted by Crippen LogP contribution is -2.46. The molecule has 0 saturated heterocycles. The van der Waals surface area contributed by atoms with Crippen molar-refractivity contribution < 1.29 is 19.4 Å². The van der Waals surface area contributed by atoms with Gasteiger partial charge in [0, 0.05) is 28.2 Å². The molecule has 3 N–H and O–H groups in total. The minimum atomic E-state index is -0.414. The van der Waals surface area contributed by atoms with E-state index >= 15 is 0 Å². The normalized spacial score (nSPS) is 17.2. The first kappa shape index (κ1) is 27.8. The zero-order valence-electron chi connectivity index (χ0n) is 21.5. The fraction of sp³-hybridized carbons (Fsp3) is 0.393. The Bertz CT molecular complexity index is 1290. The number of carbonyl (C=O) groups is 2. The van der Waals surface area contributed by atoms with Crippen LogP contribution in [0.25, 0.3) is 16.9 Å². The number of amides is 2. The number of unbranched alkanes of at least 4 members (excludes halogenated alkanes) is 1. The topological polar surface area (TPSA) is 105 Å². The van der Waals surface area contributed by atoms with E-state index in [2.05, 4.69) is 15.7 Å². The van der Waals surface area contributed by atoms with Crippen molar-refractivity contribution in [3.63, 3.8) is 0 Å². The van der Waals surface area contributed by atoms with Crippen LogP contribution in [0.5, 0.6) is 5.75 Å². The van der Waals surface area contributed by atoms with E-state index < -0.39 is 6.09 Å². The highest BCUT2D eigenvalue weighted by molar-refractivity contribution is 6.35. The molecule has 1 aliphatic rings. The fourth-order valence-corrected chi connectivity index (χ4v) is 5.21. The van der Waals surface area contributed by atoms with Crippen LogP contribution in [0.4, 0.5) is 4.79 Å². The van der Waals surface area contributed by atoms with Crippen LogP contribution in [-0.2, 0) is 4.74 Å². The van der Waals surface area contributed by atoms with E-state index in [1.807, 2.05) is 13.8 Å². The Balaban J connectivity index is 1.56. The quantitative estimate of drug-likeness (QED) is 0.276. The van der Waals surface area contributed by atoms with Gasteiger partial charge in [-0.3, -0.25) is 4.79 Å². The minimum absolute atomic E-state index is 0.0673. The third-order valence-corrected chi connectivity index (χ3v) is 7.22. The number of nitrogens with zero attached hydrogens (tertiary/aromatic N) is 2. The van der Waals surface area contributed by atoms with Crippen molar-refractivity contribution >= 4 is 35.2 Å². The molecule has 3 aromatic rings. The lowest BCUT2D eigenvalue weighted by atomic mass is 9.91. The summed E-state index contributed by atoms with van der Waals surface area (Å²) in [5, 5.41) is 21.4. The molecule has 0 aliphatic heterocycles. The highest BCUT2D eigenvalue weighted by Gasteiger charge is 2.28. The van der Waals surface area contributed by atoms with Crippen LogP contribution in [-0.4, -0.2) is 45.6 Å². The van der Waals surface area contributed by atoms with Crippen LogP contribution in [0.2, 0.25) is 10.0 Å². The van der Waals surface area contributed by atoms with Gasteiger partial charge in [-0.1, -0.05) is 36.5 Å². The molecule has 4 rings (SSSR count). The van der Waals surface area contributed by atoms with Gasteiger partial charge in [-0.05, 0) is 81.5 Å². The summed E-state index contributed by atoms with van der Waals surface area (Å²) < 4.78 is 6.86. The number of ether oxygens (including phenoxy) is 1. The lowest BCUT2D eigenvalue weighted by molar-refractivity contribution is 0.0916. The molecular formula is C28H32Cl2N4O4. The molecule has 2 amide bonds. The summed E-state index contributed by atoms with van der Waals surface area (Å²) in [7, 11) is 0. The number of halogens is 2. The Hall–Kier alpha value is -3.23. The molecule has 10 heteroatoms. The molecule has 0 radical (unpaired) electrons. The second kappa shape index (κ2) is 12.5. The van der Waals surface area contributed by atoms with Crippen molar-refractivity contribution in [2.45, 2.75) is 64.5 Å². The maximum atomic E-state index is 13.5. The molecule has 2 aromatic carbocycles. The molecule has 2 atom stereocenters. The van der Waals surface area contributed by atoms with Crippen LogP contribution in [0, 0.1) is 6.92 Å². The first-order valence-corrected chi connectivity index (χ1v) is 13.6. The molecule has 1 saturated carbocycles. The van der Waals surface area contributed by atoms with Gasteiger partial charge in [0.2, 0.25) is 0 Å². The number of benzene rings is 2. The summed E-state index contributed by atoms with van der Waals surface area (Å²) in [6, 6.07) is 11.6. The lowest BCUT2D eigenvalue weighted by Gasteiger charge is -2.30. The van der Waals surface area contributed by atoms with E-state index in [0.29, 0.717) is 40.0 Å². The van der Waals surface area contributed by atoms with E-state index in [0.717, 1.165) is 37.7 Å². The van der Waals surface area contributed by atoms with Crippen molar-refractivity contribution in [3.05, 3.63) is 63.8 Å². The third kappa shape index (κ3) is 6.60. The first-order valence-electron chi connectivity index (χ1n) is 12.9. The predicted octanol–water partition coefficient (Wildman–Crippen LogP) is 6.43. The number of aromatic nitrogens is 2. The number of rotatable bonds is 8. The van der Waals surface area contributed by atoms with Crippen LogP contribution >= 0.6 is 23.2 Å². The summed E-state index contributed by atoms with van der Waals surface area (Å²) >= 11 is 12.6. The van der Waals surface area contributed by atoms with Crippen molar-refractivity contribution in [1.82, 2.24) is 20.4 Å². The number of hydrogen-bond donors (Lipinski definition) is 3. The summed E-state index contributed by atoms with van der Waals surface area (Å²) in [6.45, 7) is 4.28. The second-order valence-corrected chi connectivity index (χ2v) is 10.4. The standard InChI is InChI=1S/C28H32Cl2N4O4/c1-3-4-14-38-28(37)32-21-7-5-6-20(16-21)31-27(36)25-17(2)26(18-8-11-22(35)12-9-18)34(33-25)24-13-10-19(29)15-23(24)30/h8-13,15,20-21,35H,3-7,14,16H2,1-2H3,(H,31,36)(H,32,37). The van der Waals surface area contributed by atoms with E-state index in [1.165, 1.54) is 0 Å². The van der Waals surface area contributed by atoms with E-state index in [1.54, 1.807) is 47.1 Å². The highest BCUT2D eigenvalue weighted by atomic mass is 35.5. The van der Waals surface area contributed by atoms with E-state index in [4.69, 9.17) is 27.9 Å². The number of carbonyl (C=O) groups excluding carboxylic acids is 2.